The van der Waals surface area contributed by atoms with Crippen LogP contribution < -0.4 is 5.32 Å². The third kappa shape index (κ3) is 3.84. The summed E-state index contributed by atoms with van der Waals surface area (Å²) in [5, 5.41) is 8.98. The Bertz CT molecular complexity index is 1230. The molecule has 5 nitrogen and oxygen atoms in total. The van der Waals surface area contributed by atoms with Crippen LogP contribution in [-0.2, 0) is 6.54 Å². The number of hydrogen-bond acceptors (Lipinski definition) is 3. The highest BCUT2D eigenvalue weighted by Gasteiger charge is 2.17. The number of aryl methyl sites for hydroxylation is 2. The second kappa shape index (κ2) is 7.85. The minimum absolute atomic E-state index is 0.247. The summed E-state index contributed by atoms with van der Waals surface area (Å²) in [4.78, 5) is 17.9. The molecule has 0 aliphatic rings. The van der Waals surface area contributed by atoms with Crippen molar-refractivity contribution in [1.29, 1.82) is 0 Å². The SMILES string of the molecule is CCn1cc(-c2cc(C(=O)Nc3ccc(Cl)c(Cl)c3)c3ccccc3n2)c(C)n1. The molecule has 29 heavy (non-hydrogen) atoms. The number of benzene rings is 2. The fourth-order valence-electron chi connectivity index (χ4n) is 3.20. The fraction of sp³-hybridized carbons (Fsp3) is 0.136. The number of rotatable bonds is 4. The van der Waals surface area contributed by atoms with Gasteiger partial charge in [-0.25, -0.2) is 4.98 Å². The molecule has 0 saturated heterocycles. The van der Waals surface area contributed by atoms with Crippen LogP contribution in [0.1, 0.15) is 23.0 Å². The van der Waals surface area contributed by atoms with Crippen molar-refractivity contribution in [1.82, 2.24) is 14.8 Å². The van der Waals surface area contributed by atoms with E-state index in [0.29, 0.717) is 27.0 Å². The molecule has 4 rings (SSSR count). The Morgan fingerprint density at radius 2 is 1.90 bits per heavy atom. The van der Waals surface area contributed by atoms with Gasteiger partial charge in [-0.2, -0.15) is 5.10 Å². The summed E-state index contributed by atoms with van der Waals surface area (Å²) in [6, 6.07) is 14.4. The van der Waals surface area contributed by atoms with E-state index in [1.54, 1.807) is 24.3 Å². The maximum atomic E-state index is 13.1. The van der Waals surface area contributed by atoms with Crippen molar-refractivity contribution in [3.63, 3.8) is 0 Å². The molecule has 0 radical (unpaired) electrons. The number of para-hydroxylation sites is 1. The maximum absolute atomic E-state index is 13.1. The predicted octanol–water partition coefficient (Wildman–Crippen LogP) is 5.99. The van der Waals surface area contributed by atoms with Crippen LogP contribution in [-0.4, -0.2) is 20.7 Å². The average molecular weight is 425 g/mol. The fourth-order valence-corrected chi connectivity index (χ4v) is 3.50. The number of fused-ring (bicyclic) bond motifs is 1. The summed E-state index contributed by atoms with van der Waals surface area (Å²) in [5.74, 6) is -0.247. The number of hydrogen-bond donors (Lipinski definition) is 1. The number of amides is 1. The van der Waals surface area contributed by atoms with Crippen LogP contribution in [0.4, 0.5) is 5.69 Å². The van der Waals surface area contributed by atoms with Crippen molar-refractivity contribution in [2.24, 2.45) is 0 Å². The van der Waals surface area contributed by atoms with Gasteiger partial charge in [0.1, 0.15) is 0 Å². The minimum Gasteiger partial charge on any atom is -0.322 e. The minimum atomic E-state index is -0.247. The highest BCUT2D eigenvalue weighted by molar-refractivity contribution is 6.42. The van der Waals surface area contributed by atoms with Crippen LogP contribution in [0.15, 0.2) is 54.7 Å². The van der Waals surface area contributed by atoms with Crippen LogP contribution in [0.5, 0.6) is 0 Å². The van der Waals surface area contributed by atoms with E-state index in [-0.39, 0.29) is 5.91 Å². The van der Waals surface area contributed by atoms with Gasteiger partial charge >= 0.3 is 0 Å². The highest BCUT2D eigenvalue weighted by atomic mass is 35.5. The smallest absolute Gasteiger partial charge is 0.256 e. The predicted molar refractivity (Wildman–Crippen MR) is 118 cm³/mol. The Hall–Kier alpha value is -2.89. The molecule has 7 heteroatoms. The molecular formula is C22H18Cl2N4O. The van der Waals surface area contributed by atoms with Gasteiger partial charge < -0.3 is 5.32 Å². The molecule has 0 atom stereocenters. The quantitative estimate of drug-likeness (QED) is 0.437. The number of nitrogens with zero attached hydrogens (tertiary/aromatic N) is 3. The normalized spacial score (nSPS) is 11.0. The average Bonchev–Trinajstić information content (AvgIpc) is 3.10. The molecule has 2 aromatic carbocycles. The number of nitrogens with one attached hydrogen (secondary N) is 1. The third-order valence-electron chi connectivity index (χ3n) is 4.68. The number of halogens is 2. The largest absolute Gasteiger partial charge is 0.322 e. The number of pyridine rings is 1. The Kier molecular flexibility index (Phi) is 5.26. The molecule has 2 aromatic heterocycles. The molecule has 4 aromatic rings. The van der Waals surface area contributed by atoms with Crippen molar-refractivity contribution < 1.29 is 4.79 Å². The summed E-state index contributed by atoms with van der Waals surface area (Å²) in [6.45, 7) is 4.73. The molecule has 0 unspecified atom stereocenters. The molecule has 0 spiro atoms. The van der Waals surface area contributed by atoms with Crippen LogP contribution >= 0.6 is 23.2 Å². The Morgan fingerprint density at radius 3 is 2.62 bits per heavy atom. The van der Waals surface area contributed by atoms with Gasteiger partial charge in [-0.15, -0.1) is 0 Å². The molecule has 2 heterocycles. The van der Waals surface area contributed by atoms with Gasteiger partial charge in [0.05, 0.1) is 32.5 Å². The van der Waals surface area contributed by atoms with Crippen LogP contribution in [0.3, 0.4) is 0 Å². The van der Waals surface area contributed by atoms with Gasteiger partial charge in [-0.1, -0.05) is 41.4 Å². The van der Waals surface area contributed by atoms with E-state index in [4.69, 9.17) is 28.2 Å². The summed E-state index contributed by atoms with van der Waals surface area (Å²) in [5.41, 5.74) is 4.32. The third-order valence-corrected chi connectivity index (χ3v) is 5.42. The zero-order valence-corrected chi connectivity index (χ0v) is 17.4. The first-order chi connectivity index (χ1) is 14.0. The van der Waals surface area contributed by atoms with Gasteiger partial charge in [0.2, 0.25) is 0 Å². The molecule has 0 bridgehead atoms. The second-order valence-electron chi connectivity index (χ2n) is 6.64. The molecule has 0 aliphatic heterocycles. The van der Waals surface area contributed by atoms with E-state index in [1.165, 1.54) is 0 Å². The lowest BCUT2D eigenvalue weighted by molar-refractivity contribution is 0.102. The monoisotopic (exact) mass is 424 g/mol. The Balaban J connectivity index is 1.80. The zero-order valence-electron chi connectivity index (χ0n) is 15.9. The molecule has 0 aliphatic carbocycles. The van der Waals surface area contributed by atoms with E-state index in [2.05, 4.69) is 10.4 Å². The van der Waals surface area contributed by atoms with Crippen molar-refractivity contribution in [2.45, 2.75) is 20.4 Å². The lowest BCUT2D eigenvalue weighted by atomic mass is 10.0. The molecule has 1 N–H and O–H groups in total. The van der Waals surface area contributed by atoms with Crippen LogP contribution in [0.25, 0.3) is 22.2 Å². The number of carbonyl (C=O) groups excluding carboxylic acids is 1. The van der Waals surface area contributed by atoms with Crippen LogP contribution in [0, 0.1) is 6.92 Å². The van der Waals surface area contributed by atoms with Crippen molar-refractivity contribution in [2.75, 3.05) is 5.32 Å². The standard InChI is InChI=1S/C22H18Cl2N4O/c1-3-28-12-17(13(2)27-28)21-11-16(15-6-4-5-7-20(15)26-21)22(29)25-14-8-9-18(23)19(24)10-14/h4-12H,3H2,1-2H3,(H,25,29). The first-order valence-electron chi connectivity index (χ1n) is 9.17. The molecule has 0 saturated carbocycles. The van der Waals surface area contributed by atoms with E-state index in [9.17, 15) is 4.79 Å². The molecule has 0 fully saturated rings. The number of carbonyl (C=O) groups is 1. The van der Waals surface area contributed by atoms with Gasteiger partial charge in [0, 0.05) is 29.4 Å². The van der Waals surface area contributed by atoms with Crippen LogP contribution in [0.2, 0.25) is 10.0 Å². The van der Waals surface area contributed by atoms with Gasteiger partial charge in [0.15, 0.2) is 0 Å². The maximum Gasteiger partial charge on any atom is 0.256 e. The lowest BCUT2D eigenvalue weighted by Gasteiger charge is -2.11. The first-order valence-corrected chi connectivity index (χ1v) is 9.92. The van der Waals surface area contributed by atoms with E-state index < -0.39 is 0 Å². The van der Waals surface area contributed by atoms with E-state index in [1.807, 2.05) is 49.0 Å². The van der Waals surface area contributed by atoms with Crippen molar-refractivity contribution in [3.05, 3.63) is 76.0 Å². The summed E-state index contributed by atoms with van der Waals surface area (Å²) in [6.07, 6.45) is 1.95. The molecular weight excluding hydrogens is 407 g/mol. The number of anilines is 1. The summed E-state index contributed by atoms with van der Waals surface area (Å²) in [7, 11) is 0. The lowest BCUT2D eigenvalue weighted by Crippen LogP contribution is -2.13. The second-order valence-corrected chi connectivity index (χ2v) is 7.45. The zero-order chi connectivity index (χ0) is 20.5. The molecule has 1 amide bonds. The van der Waals surface area contributed by atoms with Gasteiger partial charge in [-0.05, 0) is 44.2 Å². The Morgan fingerprint density at radius 1 is 1.10 bits per heavy atom. The first kappa shape index (κ1) is 19.4. The highest BCUT2D eigenvalue weighted by Crippen LogP contribution is 2.29. The Labute approximate surface area is 178 Å². The van der Waals surface area contributed by atoms with Gasteiger partial charge in [0.25, 0.3) is 5.91 Å². The van der Waals surface area contributed by atoms with Gasteiger partial charge in [-0.3, -0.25) is 9.48 Å². The molecule has 146 valence electrons. The van der Waals surface area contributed by atoms with Crippen molar-refractivity contribution >= 4 is 45.7 Å². The topological polar surface area (TPSA) is 59.8 Å². The van der Waals surface area contributed by atoms with E-state index in [0.717, 1.165) is 28.7 Å². The summed E-state index contributed by atoms with van der Waals surface area (Å²) >= 11 is 12.0. The summed E-state index contributed by atoms with van der Waals surface area (Å²) < 4.78 is 1.86. The number of aromatic nitrogens is 3. The van der Waals surface area contributed by atoms with Crippen molar-refractivity contribution in [3.8, 4) is 11.3 Å². The van der Waals surface area contributed by atoms with E-state index >= 15 is 0 Å².